The highest BCUT2D eigenvalue weighted by Gasteiger charge is 2.16. The lowest BCUT2D eigenvalue weighted by Crippen LogP contribution is -2.27. The SMILES string of the molecule is COC(=O)COc1ccc(S(=O)(=O)NCC(C)C)cc1C. The summed E-state index contributed by atoms with van der Waals surface area (Å²) < 4.78 is 36.5. The van der Waals surface area contributed by atoms with Crippen molar-refractivity contribution in [3.63, 3.8) is 0 Å². The Morgan fingerprint density at radius 2 is 2.00 bits per heavy atom. The third-order valence-electron chi connectivity index (χ3n) is 2.71. The summed E-state index contributed by atoms with van der Waals surface area (Å²) in [5.41, 5.74) is 0.631. The van der Waals surface area contributed by atoms with Gasteiger partial charge in [-0.15, -0.1) is 0 Å². The van der Waals surface area contributed by atoms with Crippen LogP contribution in [0.2, 0.25) is 0 Å². The van der Waals surface area contributed by atoms with E-state index in [9.17, 15) is 13.2 Å². The van der Waals surface area contributed by atoms with Gasteiger partial charge < -0.3 is 9.47 Å². The third kappa shape index (κ3) is 5.35. The molecule has 1 N–H and O–H groups in total. The van der Waals surface area contributed by atoms with Crippen LogP contribution in [0.5, 0.6) is 5.75 Å². The third-order valence-corrected chi connectivity index (χ3v) is 4.13. The number of benzene rings is 1. The lowest BCUT2D eigenvalue weighted by Gasteiger charge is -2.12. The highest BCUT2D eigenvalue weighted by molar-refractivity contribution is 7.89. The molecule has 0 saturated carbocycles. The minimum Gasteiger partial charge on any atom is -0.482 e. The summed E-state index contributed by atoms with van der Waals surface area (Å²) in [7, 11) is -2.26. The average molecular weight is 315 g/mol. The van der Waals surface area contributed by atoms with Crippen molar-refractivity contribution < 1.29 is 22.7 Å². The van der Waals surface area contributed by atoms with Crippen LogP contribution in [0.25, 0.3) is 0 Å². The lowest BCUT2D eigenvalue weighted by atomic mass is 10.2. The van der Waals surface area contributed by atoms with E-state index in [1.54, 1.807) is 6.92 Å². The molecule has 0 aliphatic heterocycles. The Labute approximate surface area is 125 Å². The maximum Gasteiger partial charge on any atom is 0.343 e. The second kappa shape index (κ2) is 7.42. The molecule has 0 saturated heterocycles. The highest BCUT2D eigenvalue weighted by atomic mass is 32.2. The van der Waals surface area contributed by atoms with E-state index >= 15 is 0 Å². The number of aryl methyl sites for hydroxylation is 1. The zero-order valence-corrected chi connectivity index (χ0v) is 13.5. The Bertz CT molecular complexity index is 595. The first-order valence-corrected chi connectivity index (χ1v) is 8.04. The number of carbonyl (C=O) groups excluding carboxylic acids is 1. The molecule has 0 radical (unpaired) electrons. The number of carbonyl (C=O) groups is 1. The van der Waals surface area contributed by atoms with Gasteiger partial charge in [0.25, 0.3) is 0 Å². The summed E-state index contributed by atoms with van der Waals surface area (Å²) in [4.78, 5) is 11.2. The van der Waals surface area contributed by atoms with Crippen LogP contribution in [0.1, 0.15) is 19.4 Å². The summed E-state index contributed by atoms with van der Waals surface area (Å²) in [6, 6.07) is 4.49. The summed E-state index contributed by atoms with van der Waals surface area (Å²) in [6.07, 6.45) is 0. The Morgan fingerprint density at radius 3 is 2.52 bits per heavy atom. The van der Waals surface area contributed by atoms with E-state index in [1.165, 1.54) is 25.3 Å². The van der Waals surface area contributed by atoms with Crippen LogP contribution in [0.3, 0.4) is 0 Å². The first kappa shape index (κ1) is 17.5. The van der Waals surface area contributed by atoms with Crippen LogP contribution in [0.15, 0.2) is 23.1 Å². The van der Waals surface area contributed by atoms with Gasteiger partial charge in [-0.2, -0.15) is 0 Å². The number of hydrogen-bond donors (Lipinski definition) is 1. The zero-order valence-electron chi connectivity index (χ0n) is 12.7. The Balaban J connectivity index is 2.84. The Hall–Kier alpha value is -1.60. The minimum absolute atomic E-state index is 0.172. The first-order chi connectivity index (χ1) is 9.76. The fraction of sp³-hybridized carbons (Fsp3) is 0.500. The summed E-state index contributed by atoms with van der Waals surface area (Å²) in [6.45, 7) is 5.74. The van der Waals surface area contributed by atoms with E-state index in [-0.39, 0.29) is 17.4 Å². The smallest absolute Gasteiger partial charge is 0.343 e. The number of esters is 1. The quantitative estimate of drug-likeness (QED) is 0.771. The molecule has 6 nitrogen and oxygen atoms in total. The van der Waals surface area contributed by atoms with E-state index in [4.69, 9.17) is 4.74 Å². The molecular formula is C14H21NO5S. The number of rotatable bonds is 7. The number of ether oxygens (including phenoxy) is 2. The minimum atomic E-state index is -3.53. The van der Waals surface area contributed by atoms with Gasteiger partial charge in [-0.05, 0) is 36.6 Å². The van der Waals surface area contributed by atoms with Gasteiger partial charge in [0.15, 0.2) is 6.61 Å². The number of sulfonamides is 1. The Morgan fingerprint density at radius 1 is 1.33 bits per heavy atom. The molecule has 0 atom stereocenters. The fourth-order valence-electron chi connectivity index (χ4n) is 1.51. The molecular weight excluding hydrogens is 294 g/mol. The molecule has 0 unspecified atom stereocenters. The second-order valence-electron chi connectivity index (χ2n) is 5.04. The number of methoxy groups -OCH3 is 1. The van der Waals surface area contributed by atoms with Crippen LogP contribution in [-0.4, -0.2) is 34.6 Å². The van der Waals surface area contributed by atoms with E-state index in [1.807, 2.05) is 13.8 Å². The fourth-order valence-corrected chi connectivity index (χ4v) is 2.80. The highest BCUT2D eigenvalue weighted by Crippen LogP contribution is 2.21. The van der Waals surface area contributed by atoms with E-state index in [2.05, 4.69) is 9.46 Å². The van der Waals surface area contributed by atoms with Crippen molar-refractivity contribution in [2.24, 2.45) is 5.92 Å². The first-order valence-electron chi connectivity index (χ1n) is 6.56. The van der Waals surface area contributed by atoms with Crippen molar-refractivity contribution in [1.29, 1.82) is 0 Å². The van der Waals surface area contributed by atoms with Crippen molar-refractivity contribution in [2.75, 3.05) is 20.3 Å². The van der Waals surface area contributed by atoms with Gasteiger partial charge in [0.2, 0.25) is 10.0 Å². The molecule has 0 spiro atoms. The molecule has 21 heavy (non-hydrogen) atoms. The van der Waals surface area contributed by atoms with Gasteiger partial charge in [0.1, 0.15) is 5.75 Å². The molecule has 7 heteroatoms. The number of nitrogens with one attached hydrogen (secondary N) is 1. The molecule has 1 rings (SSSR count). The van der Waals surface area contributed by atoms with Crippen molar-refractivity contribution in [3.05, 3.63) is 23.8 Å². The molecule has 0 aromatic heterocycles. The van der Waals surface area contributed by atoms with Gasteiger partial charge in [0, 0.05) is 6.54 Å². The van der Waals surface area contributed by atoms with Crippen LogP contribution < -0.4 is 9.46 Å². The predicted octanol–water partition coefficient (Wildman–Crippen LogP) is 1.48. The molecule has 1 aromatic carbocycles. The Kier molecular flexibility index (Phi) is 6.17. The zero-order chi connectivity index (χ0) is 16.0. The molecule has 0 amide bonds. The maximum atomic E-state index is 12.1. The van der Waals surface area contributed by atoms with Crippen molar-refractivity contribution in [2.45, 2.75) is 25.7 Å². The van der Waals surface area contributed by atoms with Crippen LogP contribution in [0.4, 0.5) is 0 Å². The van der Waals surface area contributed by atoms with Gasteiger partial charge in [-0.3, -0.25) is 0 Å². The normalized spacial score (nSPS) is 11.5. The van der Waals surface area contributed by atoms with Crippen molar-refractivity contribution >= 4 is 16.0 Å². The molecule has 0 aliphatic rings. The van der Waals surface area contributed by atoms with Crippen LogP contribution in [-0.2, 0) is 19.6 Å². The lowest BCUT2D eigenvalue weighted by molar-refractivity contribution is -0.142. The summed E-state index contributed by atoms with van der Waals surface area (Å²) >= 11 is 0. The maximum absolute atomic E-state index is 12.1. The summed E-state index contributed by atoms with van der Waals surface area (Å²) in [5, 5.41) is 0. The largest absolute Gasteiger partial charge is 0.482 e. The monoisotopic (exact) mass is 315 g/mol. The predicted molar refractivity (Wildman–Crippen MR) is 78.7 cm³/mol. The molecule has 0 heterocycles. The molecule has 1 aromatic rings. The van der Waals surface area contributed by atoms with Gasteiger partial charge in [0.05, 0.1) is 12.0 Å². The van der Waals surface area contributed by atoms with E-state index in [0.717, 1.165) is 0 Å². The van der Waals surface area contributed by atoms with E-state index < -0.39 is 16.0 Å². The standard InChI is InChI=1S/C14H21NO5S/c1-10(2)8-15-21(17,18)12-5-6-13(11(3)7-12)20-9-14(16)19-4/h5-7,10,15H,8-9H2,1-4H3. The molecule has 0 aliphatic carbocycles. The van der Waals surface area contributed by atoms with E-state index in [0.29, 0.717) is 17.9 Å². The second-order valence-corrected chi connectivity index (χ2v) is 6.80. The number of hydrogen-bond acceptors (Lipinski definition) is 5. The van der Waals surface area contributed by atoms with Gasteiger partial charge >= 0.3 is 5.97 Å². The molecule has 0 fully saturated rings. The topological polar surface area (TPSA) is 81.7 Å². The summed E-state index contributed by atoms with van der Waals surface area (Å²) in [5.74, 6) is 0.177. The molecule has 0 bridgehead atoms. The van der Waals surface area contributed by atoms with Gasteiger partial charge in [-0.1, -0.05) is 13.8 Å². The van der Waals surface area contributed by atoms with Crippen LogP contribution >= 0.6 is 0 Å². The van der Waals surface area contributed by atoms with Crippen molar-refractivity contribution in [1.82, 2.24) is 4.72 Å². The molecule has 118 valence electrons. The average Bonchev–Trinajstić information content (AvgIpc) is 2.43. The van der Waals surface area contributed by atoms with Gasteiger partial charge in [-0.25, -0.2) is 17.9 Å². The van der Waals surface area contributed by atoms with Crippen molar-refractivity contribution in [3.8, 4) is 5.75 Å². The van der Waals surface area contributed by atoms with Crippen LogP contribution in [0, 0.1) is 12.8 Å².